The van der Waals surface area contributed by atoms with Crippen LogP contribution in [0.2, 0.25) is 0 Å². The highest BCUT2D eigenvalue weighted by Gasteiger charge is 2.15. The average Bonchev–Trinajstić information content (AvgIpc) is 2.12. The summed E-state index contributed by atoms with van der Waals surface area (Å²) in [6.45, 7) is 5.92. The molecule has 0 unspecified atom stereocenters. The Bertz CT molecular complexity index is 179. The molecular formula is C10H16O. The molecule has 1 heteroatoms. The highest BCUT2D eigenvalue weighted by Crippen LogP contribution is 2.26. The molecule has 0 radical (unpaired) electrons. The van der Waals surface area contributed by atoms with Crippen molar-refractivity contribution in [2.24, 2.45) is 0 Å². The maximum absolute atomic E-state index is 9.59. The number of aliphatic hydroxyl groups is 1. The van der Waals surface area contributed by atoms with Gasteiger partial charge in [-0.1, -0.05) is 19.1 Å². The van der Waals surface area contributed by atoms with E-state index >= 15 is 0 Å². The smallest absolute Gasteiger partial charge is 0.0789 e. The first-order chi connectivity index (χ1) is 5.25. The molecule has 1 aliphatic rings. The summed E-state index contributed by atoms with van der Waals surface area (Å²) >= 11 is 0. The van der Waals surface area contributed by atoms with E-state index in [2.05, 4.69) is 6.58 Å². The van der Waals surface area contributed by atoms with E-state index in [9.17, 15) is 5.11 Å². The van der Waals surface area contributed by atoms with Crippen molar-refractivity contribution >= 4 is 0 Å². The monoisotopic (exact) mass is 152 g/mol. The van der Waals surface area contributed by atoms with Gasteiger partial charge in [0.15, 0.2) is 0 Å². The molecule has 1 fully saturated rings. The molecule has 0 amide bonds. The van der Waals surface area contributed by atoms with E-state index in [1.54, 1.807) is 0 Å². The Morgan fingerprint density at radius 3 is 2.91 bits per heavy atom. The van der Waals surface area contributed by atoms with Crippen molar-refractivity contribution in [2.75, 3.05) is 0 Å². The molecule has 1 saturated carbocycles. The second-order valence-corrected chi connectivity index (χ2v) is 3.11. The highest BCUT2D eigenvalue weighted by molar-refractivity contribution is 5.31. The normalized spacial score (nSPS) is 30.5. The second kappa shape index (κ2) is 3.72. The maximum atomic E-state index is 9.59. The van der Waals surface area contributed by atoms with Crippen LogP contribution < -0.4 is 0 Å². The highest BCUT2D eigenvalue weighted by atomic mass is 16.3. The lowest BCUT2D eigenvalue weighted by Gasteiger charge is -2.11. The second-order valence-electron chi connectivity index (χ2n) is 3.11. The van der Waals surface area contributed by atoms with Crippen LogP contribution in [0.3, 0.4) is 0 Å². The predicted octanol–water partition coefficient (Wildman–Crippen LogP) is 2.42. The molecule has 0 saturated heterocycles. The standard InChI is InChI=1S/C10H16O/c1-3-9-8(2)6-4-5-7-10(9)11/h3,10-11H,2,4-7H2,1H3/b9-3+/t10-/m0/s1. The van der Waals surface area contributed by atoms with Gasteiger partial charge < -0.3 is 5.11 Å². The first-order valence-corrected chi connectivity index (χ1v) is 4.28. The molecule has 0 aromatic heterocycles. The van der Waals surface area contributed by atoms with Crippen molar-refractivity contribution < 1.29 is 5.11 Å². The zero-order valence-electron chi connectivity index (χ0n) is 7.14. The van der Waals surface area contributed by atoms with Crippen molar-refractivity contribution in [3.8, 4) is 0 Å². The molecule has 11 heavy (non-hydrogen) atoms. The number of hydrogen-bond donors (Lipinski definition) is 1. The van der Waals surface area contributed by atoms with Crippen LogP contribution in [0.15, 0.2) is 23.8 Å². The van der Waals surface area contributed by atoms with E-state index in [0.29, 0.717) is 0 Å². The maximum Gasteiger partial charge on any atom is 0.0789 e. The summed E-state index contributed by atoms with van der Waals surface area (Å²) in [6.07, 6.45) is 5.98. The van der Waals surface area contributed by atoms with Crippen molar-refractivity contribution in [2.45, 2.75) is 38.7 Å². The van der Waals surface area contributed by atoms with Gasteiger partial charge in [0, 0.05) is 0 Å². The molecule has 1 N–H and O–H groups in total. The third kappa shape index (κ3) is 1.93. The zero-order valence-corrected chi connectivity index (χ0v) is 7.14. The van der Waals surface area contributed by atoms with Crippen LogP contribution in [0.1, 0.15) is 32.6 Å². The fourth-order valence-corrected chi connectivity index (χ4v) is 1.61. The summed E-state index contributed by atoms with van der Waals surface area (Å²) in [5, 5.41) is 9.59. The van der Waals surface area contributed by atoms with E-state index in [1.165, 1.54) is 6.42 Å². The summed E-state index contributed by atoms with van der Waals surface area (Å²) in [7, 11) is 0. The quantitative estimate of drug-likeness (QED) is 0.528. The molecule has 1 nitrogen and oxygen atoms in total. The van der Waals surface area contributed by atoms with Crippen LogP contribution in [-0.4, -0.2) is 11.2 Å². The minimum absolute atomic E-state index is 0.255. The lowest BCUT2D eigenvalue weighted by molar-refractivity contribution is 0.203. The first kappa shape index (κ1) is 8.54. The number of allylic oxidation sites excluding steroid dienone is 1. The Morgan fingerprint density at radius 2 is 2.27 bits per heavy atom. The number of rotatable bonds is 0. The Kier molecular flexibility index (Phi) is 2.89. The van der Waals surface area contributed by atoms with Gasteiger partial charge >= 0.3 is 0 Å². The number of hydrogen-bond acceptors (Lipinski definition) is 1. The van der Waals surface area contributed by atoms with E-state index < -0.39 is 0 Å². The lowest BCUT2D eigenvalue weighted by atomic mass is 10.0. The van der Waals surface area contributed by atoms with E-state index in [4.69, 9.17) is 0 Å². The molecule has 1 rings (SSSR count). The summed E-state index contributed by atoms with van der Waals surface area (Å²) in [6, 6.07) is 0. The predicted molar refractivity (Wildman–Crippen MR) is 47.4 cm³/mol. The molecule has 0 aliphatic heterocycles. The van der Waals surface area contributed by atoms with Gasteiger partial charge in [0.1, 0.15) is 0 Å². The zero-order chi connectivity index (χ0) is 8.27. The summed E-state index contributed by atoms with van der Waals surface area (Å²) in [5.41, 5.74) is 2.18. The fraction of sp³-hybridized carbons (Fsp3) is 0.600. The van der Waals surface area contributed by atoms with Gasteiger partial charge in [-0.25, -0.2) is 0 Å². The van der Waals surface area contributed by atoms with Crippen molar-refractivity contribution in [1.82, 2.24) is 0 Å². The van der Waals surface area contributed by atoms with E-state index in [0.717, 1.165) is 30.4 Å². The van der Waals surface area contributed by atoms with Crippen LogP contribution in [-0.2, 0) is 0 Å². The molecule has 1 aliphatic carbocycles. The van der Waals surface area contributed by atoms with Crippen LogP contribution in [0.4, 0.5) is 0 Å². The minimum Gasteiger partial charge on any atom is -0.388 e. The molecule has 0 bridgehead atoms. The Balaban J connectivity index is 2.75. The first-order valence-electron chi connectivity index (χ1n) is 4.28. The minimum atomic E-state index is -0.255. The SMILES string of the molecule is C=C1CCCC[C@H](O)/C1=C/C. The third-order valence-corrected chi connectivity index (χ3v) is 2.28. The molecule has 0 heterocycles. The van der Waals surface area contributed by atoms with E-state index in [-0.39, 0.29) is 6.10 Å². The molecular weight excluding hydrogens is 136 g/mol. The topological polar surface area (TPSA) is 20.2 Å². The Labute approximate surface area is 68.4 Å². The Morgan fingerprint density at radius 1 is 1.55 bits per heavy atom. The molecule has 62 valence electrons. The average molecular weight is 152 g/mol. The van der Waals surface area contributed by atoms with Crippen molar-refractivity contribution in [3.63, 3.8) is 0 Å². The van der Waals surface area contributed by atoms with Gasteiger partial charge in [0.25, 0.3) is 0 Å². The van der Waals surface area contributed by atoms with Gasteiger partial charge in [0.05, 0.1) is 6.10 Å². The number of aliphatic hydroxyl groups excluding tert-OH is 1. The largest absolute Gasteiger partial charge is 0.388 e. The summed E-state index contributed by atoms with van der Waals surface area (Å²) in [5.74, 6) is 0. The third-order valence-electron chi connectivity index (χ3n) is 2.28. The fourth-order valence-electron chi connectivity index (χ4n) is 1.61. The van der Waals surface area contributed by atoms with Gasteiger partial charge in [-0.2, -0.15) is 0 Å². The van der Waals surface area contributed by atoms with Crippen LogP contribution in [0.5, 0.6) is 0 Å². The van der Waals surface area contributed by atoms with Gasteiger partial charge in [0.2, 0.25) is 0 Å². The molecule has 0 aromatic rings. The van der Waals surface area contributed by atoms with Gasteiger partial charge in [-0.15, -0.1) is 0 Å². The Hall–Kier alpha value is -0.560. The van der Waals surface area contributed by atoms with Crippen LogP contribution in [0.25, 0.3) is 0 Å². The van der Waals surface area contributed by atoms with Crippen LogP contribution in [0, 0.1) is 0 Å². The van der Waals surface area contributed by atoms with Crippen molar-refractivity contribution in [3.05, 3.63) is 23.8 Å². The lowest BCUT2D eigenvalue weighted by Crippen LogP contribution is -2.08. The van der Waals surface area contributed by atoms with Gasteiger partial charge in [-0.05, 0) is 37.3 Å². The molecule has 0 spiro atoms. The van der Waals surface area contributed by atoms with Gasteiger partial charge in [-0.3, -0.25) is 0 Å². The van der Waals surface area contributed by atoms with Crippen LogP contribution >= 0.6 is 0 Å². The molecule has 1 atom stereocenters. The van der Waals surface area contributed by atoms with E-state index in [1.807, 2.05) is 13.0 Å². The summed E-state index contributed by atoms with van der Waals surface area (Å²) < 4.78 is 0. The summed E-state index contributed by atoms with van der Waals surface area (Å²) in [4.78, 5) is 0. The molecule has 0 aromatic carbocycles. The van der Waals surface area contributed by atoms with Crippen molar-refractivity contribution in [1.29, 1.82) is 0 Å².